The minimum Gasteiger partial charge on any atom is -0.475 e. The van der Waals surface area contributed by atoms with Crippen molar-refractivity contribution in [2.24, 2.45) is 0 Å². The molecule has 0 unspecified atom stereocenters. The number of amides is 1. The molecule has 2 aromatic heterocycles. The lowest BCUT2D eigenvalue weighted by atomic mass is 10.1. The number of fused-ring (bicyclic) bond motifs is 2. The van der Waals surface area contributed by atoms with Crippen LogP contribution in [0.25, 0.3) is 21.0 Å². The van der Waals surface area contributed by atoms with E-state index in [0.717, 1.165) is 32.4 Å². The van der Waals surface area contributed by atoms with E-state index in [0.29, 0.717) is 35.9 Å². The summed E-state index contributed by atoms with van der Waals surface area (Å²) in [6.07, 6.45) is -3.29. The Morgan fingerprint density at radius 3 is 2.62 bits per heavy atom. The number of benzene rings is 2. The first-order valence-corrected chi connectivity index (χ1v) is 13.7. The number of anilines is 1. The molecule has 1 atom stereocenters. The Morgan fingerprint density at radius 1 is 1.21 bits per heavy atom. The molecular weight excluding hydrogens is 583 g/mol. The molecule has 4 aromatic rings. The smallest absolute Gasteiger partial charge is 0.475 e. The van der Waals surface area contributed by atoms with Crippen molar-refractivity contribution in [3.05, 3.63) is 59.4 Å². The fourth-order valence-corrected chi connectivity index (χ4v) is 6.72. The lowest BCUT2D eigenvalue weighted by molar-refractivity contribution is -0.192. The van der Waals surface area contributed by atoms with Gasteiger partial charge in [0, 0.05) is 28.2 Å². The highest BCUT2D eigenvalue weighted by atomic mass is 35.5. The van der Waals surface area contributed by atoms with Crippen LogP contribution in [0.2, 0.25) is 5.02 Å². The summed E-state index contributed by atoms with van der Waals surface area (Å²) in [5.41, 5.74) is 7.44. The molecule has 4 N–H and O–H groups in total. The van der Waals surface area contributed by atoms with Gasteiger partial charge >= 0.3 is 12.1 Å². The number of nitrogens with one attached hydrogen (secondary N) is 1. The molecular formula is C23H19ClF3N5O5S2. The fourth-order valence-electron chi connectivity index (χ4n) is 3.81. The van der Waals surface area contributed by atoms with Gasteiger partial charge in [0.25, 0.3) is 10.0 Å². The van der Waals surface area contributed by atoms with Crippen LogP contribution in [-0.4, -0.2) is 59.0 Å². The summed E-state index contributed by atoms with van der Waals surface area (Å²) in [6.45, 7) is 0.816. The molecule has 1 saturated heterocycles. The van der Waals surface area contributed by atoms with Crippen LogP contribution < -0.4 is 10.5 Å². The first-order valence-electron chi connectivity index (χ1n) is 11.0. The number of nitrogens with zero attached hydrogens (tertiary/aromatic N) is 3. The number of alkyl halides is 3. The Kier molecular flexibility index (Phi) is 7.97. The summed E-state index contributed by atoms with van der Waals surface area (Å²) in [6, 6.07) is 11.6. The molecule has 0 bridgehead atoms. The molecule has 39 heavy (non-hydrogen) atoms. The monoisotopic (exact) mass is 601 g/mol. The van der Waals surface area contributed by atoms with Crippen molar-refractivity contribution < 1.29 is 36.3 Å². The zero-order valence-electron chi connectivity index (χ0n) is 19.6. The van der Waals surface area contributed by atoms with Gasteiger partial charge in [0.2, 0.25) is 5.91 Å². The number of carbonyl (C=O) groups excluding carboxylic acids is 1. The predicted molar refractivity (Wildman–Crippen MR) is 139 cm³/mol. The van der Waals surface area contributed by atoms with Crippen LogP contribution in [0.5, 0.6) is 0 Å². The summed E-state index contributed by atoms with van der Waals surface area (Å²) in [7, 11) is -3.83. The van der Waals surface area contributed by atoms with Gasteiger partial charge < -0.3 is 15.7 Å². The van der Waals surface area contributed by atoms with Crippen LogP contribution in [0, 0.1) is 0 Å². The van der Waals surface area contributed by atoms with Gasteiger partial charge in [0.15, 0.2) is 0 Å². The van der Waals surface area contributed by atoms with E-state index in [1.807, 2.05) is 18.2 Å². The SMILES string of the molecule is Nc1ncnc2cc(CN3CC[C@@H](NS(=O)(=O)c4cc5ccc(Cl)cc5s4)C3=O)ccc12.O=C(O)C(F)(F)F. The molecule has 0 aliphatic carbocycles. The van der Waals surface area contributed by atoms with E-state index in [-0.39, 0.29) is 10.1 Å². The minimum absolute atomic E-state index is 0.160. The Labute approximate surface area is 228 Å². The maximum Gasteiger partial charge on any atom is 0.490 e. The number of hydrogen-bond donors (Lipinski definition) is 3. The number of halogens is 4. The van der Waals surface area contributed by atoms with E-state index in [2.05, 4.69) is 14.7 Å². The zero-order chi connectivity index (χ0) is 28.5. The quantitative estimate of drug-likeness (QED) is 0.312. The largest absolute Gasteiger partial charge is 0.490 e. The van der Waals surface area contributed by atoms with Crippen molar-refractivity contribution in [2.75, 3.05) is 12.3 Å². The van der Waals surface area contributed by atoms with Crippen molar-refractivity contribution in [1.82, 2.24) is 19.6 Å². The van der Waals surface area contributed by atoms with Gasteiger partial charge in [-0.1, -0.05) is 23.7 Å². The number of thiophene rings is 1. The third-order valence-corrected chi connectivity index (χ3v) is 8.95. The number of nitrogen functional groups attached to an aromatic ring is 1. The molecule has 5 rings (SSSR count). The number of aliphatic carboxylic acids is 1. The molecule has 1 aliphatic rings. The standard InChI is InChI=1S/C21H18ClN5O3S2.C2HF3O2/c22-14-3-2-13-8-19(31-18(13)9-14)32(29,30)26-16-5-6-27(21(16)28)10-12-1-4-15-17(7-12)24-11-25-20(15)23;3-2(4,5)1(6)7/h1-4,7-9,11,16,26H,5-6,10H2,(H2,23,24,25);(H,6,7)/t16-;/m1./s1. The number of nitrogens with two attached hydrogens (primary N) is 1. The first kappa shape index (κ1) is 28.5. The molecule has 1 aliphatic heterocycles. The molecule has 0 saturated carbocycles. The number of sulfonamides is 1. The highest BCUT2D eigenvalue weighted by molar-refractivity contribution is 7.91. The van der Waals surface area contributed by atoms with Crippen molar-refractivity contribution >= 4 is 71.6 Å². The van der Waals surface area contributed by atoms with Gasteiger partial charge in [0.05, 0.1) is 5.52 Å². The number of rotatable bonds is 5. The lowest BCUT2D eigenvalue weighted by Gasteiger charge is -2.17. The highest BCUT2D eigenvalue weighted by Crippen LogP contribution is 2.31. The summed E-state index contributed by atoms with van der Waals surface area (Å²) in [5, 5.41) is 9.21. The molecule has 3 heterocycles. The second-order valence-electron chi connectivity index (χ2n) is 8.38. The summed E-state index contributed by atoms with van der Waals surface area (Å²) in [5.74, 6) is -2.61. The van der Waals surface area contributed by atoms with Crippen LogP contribution in [0.1, 0.15) is 12.0 Å². The molecule has 10 nitrogen and oxygen atoms in total. The average Bonchev–Trinajstić information content (AvgIpc) is 3.43. The number of carboxylic acid groups (broad SMARTS) is 1. The first-order chi connectivity index (χ1) is 18.2. The van der Waals surface area contributed by atoms with Gasteiger partial charge in [-0.05, 0) is 47.7 Å². The number of aromatic nitrogens is 2. The van der Waals surface area contributed by atoms with E-state index >= 15 is 0 Å². The van der Waals surface area contributed by atoms with Crippen molar-refractivity contribution in [3.63, 3.8) is 0 Å². The maximum absolute atomic E-state index is 12.9. The maximum atomic E-state index is 12.9. The second kappa shape index (κ2) is 10.9. The van der Waals surface area contributed by atoms with Crippen LogP contribution in [0.3, 0.4) is 0 Å². The average molecular weight is 602 g/mol. The van der Waals surface area contributed by atoms with E-state index in [1.165, 1.54) is 6.33 Å². The van der Waals surface area contributed by atoms with Crippen molar-refractivity contribution in [1.29, 1.82) is 0 Å². The number of likely N-dealkylation sites (tertiary alicyclic amines) is 1. The predicted octanol–water partition coefficient (Wildman–Crippen LogP) is 3.79. The fraction of sp³-hybridized carbons (Fsp3) is 0.217. The van der Waals surface area contributed by atoms with E-state index < -0.39 is 28.2 Å². The molecule has 16 heteroatoms. The van der Waals surface area contributed by atoms with Crippen LogP contribution in [-0.2, 0) is 26.2 Å². The van der Waals surface area contributed by atoms with E-state index in [4.69, 9.17) is 27.2 Å². The minimum atomic E-state index is -5.08. The van der Waals surface area contributed by atoms with Crippen molar-refractivity contribution in [2.45, 2.75) is 29.4 Å². The van der Waals surface area contributed by atoms with Gasteiger partial charge in [0.1, 0.15) is 22.4 Å². The number of carbonyl (C=O) groups is 2. The van der Waals surface area contributed by atoms with Crippen LogP contribution in [0.4, 0.5) is 19.0 Å². The Balaban J connectivity index is 0.000000448. The summed E-state index contributed by atoms with van der Waals surface area (Å²) < 4.78 is 61.0. The van der Waals surface area contributed by atoms with Gasteiger partial charge in [-0.3, -0.25) is 4.79 Å². The summed E-state index contributed by atoms with van der Waals surface area (Å²) in [4.78, 5) is 31.6. The normalized spacial score (nSPS) is 15.9. The highest BCUT2D eigenvalue weighted by Gasteiger charge is 2.38. The van der Waals surface area contributed by atoms with E-state index in [9.17, 15) is 26.4 Å². The third kappa shape index (κ3) is 6.55. The lowest BCUT2D eigenvalue weighted by Crippen LogP contribution is -2.41. The van der Waals surface area contributed by atoms with Gasteiger partial charge in [-0.15, -0.1) is 11.3 Å². The molecule has 0 spiro atoms. The van der Waals surface area contributed by atoms with Gasteiger partial charge in [-0.2, -0.15) is 17.9 Å². The van der Waals surface area contributed by atoms with E-state index in [1.54, 1.807) is 29.2 Å². The molecule has 0 radical (unpaired) electrons. The molecule has 1 amide bonds. The van der Waals surface area contributed by atoms with Gasteiger partial charge in [-0.25, -0.2) is 23.2 Å². The Hall–Kier alpha value is -3.53. The number of carboxylic acids is 1. The molecule has 2 aromatic carbocycles. The Morgan fingerprint density at radius 2 is 1.92 bits per heavy atom. The van der Waals surface area contributed by atoms with Crippen LogP contribution >= 0.6 is 22.9 Å². The topological polar surface area (TPSA) is 156 Å². The van der Waals surface area contributed by atoms with Crippen molar-refractivity contribution in [3.8, 4) is 0 Å². The second-order valence-corrected chi connectivity index (χ2v) is 11.8. The molecule has 1 fully saturated rings. The zero-order valence-corrected chi connectivity index (χ0v) is 22.0. The number of hydrogen-bond acceptors (Lipinski definition) is 8. The summed E-state index contributed by atoms with van der Waals surface area (Å²) >= 11 is 7.13. The Bertz CT molecular complexity index is 1680. The third-order valence-electron chi connectivity index (χ3n) is 5.67. The van der Waals surface area contributed by atoms with Crippen LogP contribution in [0.15, 0.2) is 53.0 Å². The molecule has 206 valence electrons.